The molecule has 0 aliphatic carbocycles. The molecule has 0 fully saturated rings. The van der Waals surface area contributed by atoms with Gasteiger partial charge >= 0.3 is 0 Å². The van der Waals surface area contributed by atoms with Crippen molar-refractivity contribution in [3.63, 3.8) is 0 Å². The molecule has 0 rings (SSSR count). The fourth-order valence-electron chi connectivity index (χ4n) is 0.657. The second kappa shape index (κ2) is 5.36. The van der Waals surface area contributed by atoms with Crippen molar-refractivity contribution in [2.75, 3.05) is 0 Å². The van der Waals surface area contributed by atoms with Gasteiger partial charge in [-0.15, -0.1) is 0 Å². The predicted octanol–water partition coefficient (Wildman–Crippen LogP) is 3.08. The minimum atomic E-state index is 1.08. The molecular formula is C9H14. The first-order chi connectivity index (χ1) is 4.35. The summed E-state index contributed by atoms with van der Waals surface area (Å²) in [7, 11) is 0. The van der Waals surface area contributed by atoms with Gasteiger partial charge in [0.25, 0.3) is 0 Å². The van der Waals surface area contributed by atoms with Crippen LogP contribution in [0.1, 0.15) is 20.3 Å². The standard InChI is InChI=1S/C9H14/c1-4-7-9(6-3)8-5-2/h4-5,7-8H,1,6H2,2-3H3/b8-5?,9-7-. The Kier molecular flexibility index (Phi) is 4.89. The van der Waals surface area contributed by atoms with Crippen LogP contribution in [0.3, 0.4) is 0 Å². The van der Waals surface area contributed by atoms with Crippen molar-refractivity contribution in [1.29, 1.82) is 0 Å². The molecule has 0 aromatic carbocycles. The lowest BCUT2D eigenvalue weighted by Gasteiger charge is -1.90. The fourth-order valence-corrected chi connectivity index (χ4v) is 0.657. The van der Waals surface area contributed by atoms with Gasteiger partial charge in [-0.05, 0) is 18.9 Å². The molecule has 0 bridgehead atoms. The van der Waals surface area contributed by atoms with Crippen LogP contribution in [0, 0.1) is 0 Å². The van der Waals surface area contributed by atoms with Crippen molar-refractivity contribution in [2.45, 2.75) is 20.3 Å². The monoisotopic (exact) mass is 122 g/mol. The molecule has 0 heteroatoms. The van der Waals surface area contributed by atoms with E-state index in [9.17, 15) is 0 Å². The van der Waals surface area contributed by atoms with Crippen LogP contribution >= 0.6 is 0 Å². The minimum absolute atomic E-state index is 1.08. The molecule has 0 radical (unpaired) electrons. The molecule has 0 nitrogen and oxygen atoms in total. The summed E-state index contributed by atoms with van der Waals surface area (Å²) in [6, 6.07) is 0. The van der Waals surface area contributed by atoms with E-state index in [-0.39, 0.29) is 0 Å². The third-order valence-corrected chi connectivity index (χ3v) is 1.12. The number of allylic oxidation sites excluding steroid dienone is 5. The normalized spacial score (nSPS) is 12.4. The highest BCUT2D eigenvalue weighted by atomic mass is 13.9. The zero-order valence-electron chi connectivity index (χ0n) is 6.22. The van der Waals surface area contributed by atoms with Crippen molar-refractivity contribution >= 4 is 0 Å². The first-order valence-corrected chi connectivity index (χ1v) is 3.29. The number of hydrogen-bond donors (Lipinski definition) is 0. The maximum absolute atomic E-state index is 3.62. The first kappa shape index (κ1) is 8.22. The largest absolute Gasteiger partial charge is 0.0991 e. The van der Waals surface area contributed by atoms with Gasteiger partial charge in [0, 0.05) is 0 Å². The van der Waals surface area contributed by atoms with Crippen LogP contribution in [0.15, 0.2) is 36.5 Å². The molecule has 50 valence electrons. The highest BCUT2D eigenvalue weighted by molar-refractivity contribution is 5.21. The highest BCUT2D eigenvalue weighted by Crippen LogP contribution is 2.01. The van der Waals surface area contributed by atoms with E-state index in [1.54, 1.807) is 0 Å². The van der Waals surface area contributed by atoms with Crippen LogP contribution in [0.5, 0.6) is 0 Å². The summed E-state index contributed by atoms with van der Waals surface area (Å²) in [5.41, 5.74) is 1.33. The Hall–Kier alpha value is -0.780. The molecule has 0 saturated carbocycles. The summed E-state index contributed by atoms with van der Waals surface area (Å²) in [4.78, 5) is 0. The van der Waals surface area contributed by atoms with Gasteiger partial charge < -0.3 is 0 Å². The Morgan fingerprint density at radius 2 is 2.22 bits per heavy atom. The zero-order valence-corrected chi connectivity index (χ0v) is 6.22. The molecule has 0 aromatic rings. The highest BCUT2D eigenvalue weighted by Gasteiger charge is 1.80. The first-order valence-electron chi connectivity index (χ1n) is 3.29. The number of rotatable bonds is 3. The fraction of sp³-hybridized carbons (Fsp3) is 0.333. The lowest BCUT2D eigenvalue weighted by Crippen LogP contribution is -1.70. The van der Waals surface area contributed by atoms with Gasteiger partial charge in [-0.1, -0.05) is 37.8 Å². The topological polar surface area (TPSA) is 0 Å². The van der Waals surface area contributed by atoms with Gasteiger partial charge in [-0.2, -0.15) is 0 Å². The molecule has 9 heavy (non-hydrogen) atoms. The van der Waals surface area contributed by atoms with Gasteiger partial charge in [0.05, 0.1) is 0 Å². The van der Waals surface area contributed by atoms with E-state index in [0.717, 1.165) is 6.42 Å². The van der Waals surface area contributed by atoms with Crippen LogP contribution in [-0.2, 0) is 0 Å². The van der Waals surface area contributed by atoms with E-state index in [1.807, 2.05) is 25.2 Å². The smallest absolute Gasteiger partial charge is 0.0308 e. The van der Waals surface area contributed by atoms with E-state index in [4.69, 9.17) is 0 Å². The summed E-state index contributed by atoms with van der Waals surface area (Å²) < 4.78 is 0. The maximum atomic E-state index is 3.62. The Morgan fingerprint density at radius 3 is 2.56 bits per heavy atom. The lowest BCUT2D eigenvalue weighted by atomic mass is 10.2. The molecular weight excluding hydrogens is 108 g/mol. The number of hydrogen-bond acceptors (Lipinski definition) is 0. The van der Waals surface area contributed by atoms with Crippen molar-refractivity contribution in [3.05, 3.63) is 36.5 Å². The third-order valence-electron chi connectivity index (χ3n) is 1.12. The van der Waals surface area contributed by atoms with Crippen LogP contribution in [0.25, 0.3) is 0 Å². The van der Waals surface area contributed by atoms with Gasteiger partial charge in [0.1, 0.15) is 0 Å². The third kappa shape index (κ3) is 3.77. The van der Waals surface area contributed by atoms with Crippen LogP contribution < -0.4 is 0 Å². The molecule has 0 aliphatic heterocycles. The van der Waals surface area contributed by atoms with Crippen LogP contribution in [-0.4, -0.2) is 0 Å². The minimum Gasteiger partial charge on any atom is -0.0991 e. The summed E-state index contributed by atoms with van der Waals surface area (Å²) in [6.45, 7) is 7.78. The average molecular weight is 122 g/mol. The van der Waals surface area contributed by atoms with E-state index in [0.29, 0.717) is 0 Å². The molecule has 0 heterocycles. The molecule has 0 atom stereocenters. The Morgan fingerprint density at radius 1 is 1.56 bits per heavy atom. The van der Waals surface area contributed by atoms with Gasteiger partial charge in [0.2, 0.25) is 0 Å². The Bertz CT molecular complexity index is 127. The molecule has 0 amide bonds. The average Bonchev–Trinajstić information content (AvgIpc) is 1.88. The van der Waals surface area contributed by atoms with Crippen LogP contribution in [0.4, 0.5) is 0 Å². The summed E-state index contributed by atoms with van der Waals surface area (Å²) in [5.74, 6) is 0. The Balaban J connectivity index is 3.96. The maximum Gasteiger partial charge on any atom is -0.0308 e. The Labute approximate surface area is 57.6 Å². The second-order valence-electron chi connectivity index (χ2n) is 1.83. The summed E-state index contributed by atoms with van der Waals surface area (Å²) in [6.07, 6.45) is 9.07. The van der Waals surface area contributed by atoms with Crippen molar-refractivity contribution in [2.24, 2.45) is 0 Å². The molecule has 0 saturated heterocycles. The molecule has 0 aliphatic rings. The summed E-state index contributed by atoms with van der Waals surface area (Å²) in [5, 5.41) is 0. The van der Waals surface area contributed by atoms with E-state index in [2.05, 4.69) is 19.6 Å². The predicted molar refractivity (Wildman–Crippen MR) is 43.4 cm³/mol. The van der Waals surface area contributed by atoms with Gasteiger partial charge in [0.15, 0.2) is 0 Å². The molecule has 0 unspecified atom stereocenters. The van der Waals surface area contributed by atoms with E-state index in [1.165, 1.54) is 5.57 Å². The summed E-state index contributed by atoms with van der Waals surface area (Å²) >= 11 is 0. The van der Waals surface area contributed by atoms with Gasteiger partial charge in [-0.25, -0.2) is 0 Å². The van der Waals surface area contributed by atoms with Crippen molar-refractivity contribution in [3.8, 4) is 0 Å². The quantitative estimate of drug-likeness (QED) is 0.504. The van der Waals surface area contributed by atoms with Gasteiger partial charge in [-0.3, -0.25) is 0 Å². The molecule has 0 spiro atoms. The molecule has 0 N–H and O–H groups in total. The van der Waals surface area contributed by atoms with E-state index < -0.39 is 0 Å². The second-order valence-corrected chi connectivity index (χ2v) is 1.83. The zero-order chi connectivity index (χ0) is 7.11. The lowest BCUT2D eigenvalue weighted by molar-refractivity contribution is 1.15. The van der Waals surface area contributed by atoms with Crippen molar-refractivity contribution in [1.82, 2.24) is 0 Å². The van der Waals surface area contributed by atoms with Crippen LogP contribution in [0.2, 0.25) is 0 Å². The van der Waals surface area contributed by atoms with Crippen molar-refractivity contribution < 1.29 is 0 Å². The SMILES string of the molecule is C=C/C=C(\C=CC)CC. The van der Waals surface area contributed by atoms with E-state index >= 15 is 0 Å². The molecule has 0 aromatic heterocycles.